The maximum absolute atomic E-state index is 11.5. The van der Waals surface area contributed by atoms with E-state index >= 15 is 0 Å². The van der Waals surface area contributed by atoms with E-state index in [-0.39, 0.29) is 11.9 Å². The van der Waals surface area contributed by atoms with Crippen LogP contribution in [0, 0.1) is 0 Å². The molecule has 1 aliphatic heterocycles. The molecule has 0 saturated heterocycles. The maximum Gasteiger partial charge on any atom is 0.290 e. The van der Waals surface area contributed by atoms with Crippen LogP contribution in [0.3, 0.4) is 0 Å². The quantitative estimate of drug-likeness (QED) is 0.491. The highest BCUT2D eigenvalue weighted by atomic mass is 32.2. The Kier molecular flexibility index (Phi) is 2.84. The fraction of sp³-hybridized carbons (Fsp3) is 0.125. The molecular formula is C8H8N4O2S2. The van der Waals surface area contributed by atoms with Crippen LogP contribution < -0.4 is 16.8 Å². The highest BCUT2D eigenvalue weighted by Gasteiger charge is 2.21. The summed E-state index contributed by atoms with van der Waals surface area (Å²) in [5, 5.41) is 2.68. The number of amides is 2. The molecule has 0 aliphatic carbocycles. The molecule has 2 rings (SSSR count). The Hall–Kier alpha value is -1.54. The number of nitrogens with one attached hydrogen (secondary N) is 1. The molecule has 2 heterocycles. The molecule has 6 nitrogen and oxygen atoms in total. The smallest absolute Gasteiger partial charge is 0.290 e. The second-order valence-corrected chi connectivity index (χ2v) is 5.29. The van der Waals surface area contributed by atoms with Gasteiger partial charge in [0.1, 0.15) is 0 Å². The molecule has 0 aromatic carbocycles. The van der Waals surface area contributed by atoms with Crippen molar-refractivity contribution in [2.45, 2.75) is 4.21 Å². The van der Waals surface area contributed by atoms with E-state index in [1.807, 2.05) is 0 Å². The molecule has 5 N–H and O–H groups in total. The molecule has 2 amide bonds. The van der Waals surface area contributed by atoms with E-state index < -0.39 is 5.91 Å². The lowest BCUT2D eigenvalue weighted by atomic mass is 10.4. The Morgan fingerprint density at radius 3 is 2.94 bits per heavy atom. The largest absolute Gasteiger partial charge is 0.370 e. The van der Waals surface area contributed by atoms with Gasteiger partial charge in [-0.1, -0.05) is 0 Å². The zero-order chi connectivity index (χ0) is 11.7. The molecule has 0 unspecified atom stereocenters. The molecule has 1 aliphatic rings. The lowest BCUT2D eigenvalue weighted by molar-refractivity contribution is -0.113. The van der Waals surface area contributed by atoms with Crippen molar-refractivity contribution in [3.63, 3.8) is 0 Å². The molecule has 0 fully saturated rings. The molecule has 0 bridgehead atoms. The van der Waals surface area contributed by atoms with Crippen molar-refractivity contribution in [2.24, 2.45) is 16.5 Å². The Morgan fingerprint density at radius 1 is 1.50 bits per heavy atom. The van der Waals surface area contributed by atoms with Gasteiger partial charge in [0.2, 0.25) is 5.91 Å². The van der Waals surface area contributed by atoms with Gasteiger partial charge in [0.05, 0.1) is 20.5 Å². The second-order valence-electron chi connectivity index (χ2n) is 2.99. The predicted molar refractivity (Wildman–Crippen MR) is 63.8 cm³/mol. The first kappa shape index (κ1) is 11.0. The highest BCUT2D eigenvalue weighted by molar-refractivity contribution is 8.02. The number of hydrogen-bond donors (Lipinski definition) is 3. The fourth-order valence-electron chi connectivity index (χ4n) is 1.16. The molecule has 16 heavy (non-hydrogen) atoms. The van der Waals surface area contributed by atoms with Crippen molar-refractivity contribution < 1.29 is 9.59 Å². The average Bonchev–Trinajstić information content (AvgIpc) is 2.59. The minimum absolute atomic E-state index is 0.0730. The van der Waals surface area contributed by atoms with Crippen molar-refractivity contribution in [3.05, 3.63) is 10.9 Å². The number of guanidine groups is 1. The lowest BCUT2D eigenvalue weighted by Gasteiger charge is -2.10. The van der Waals surface area contributed by atoms with Crippen LogP contribution in [0.1, 0.15) is 9.67 Å². The summed E-state index contributed by atoms with van der Waals surface area (Å²) in [6.45, 7) is 0. The van der Waals surface area contributed by atoms with Crippen molar-refractivity contribution >= 4 is 46.6 Å². The van der Waals surface area contributed by atoms with Crippen LogP contribution in [0.2, 0.25) is 0 Å². The number of aliphatic imine (C=N–C) groups is 1. The van der Waals surface area contributed by atoms with E-state index in [1.54, 1.807) is 6.07 Å². The summed E-state index contributed by atoms with van der Waals surface area (Å²) in [7, 11) is 0. The second kappa shape index (κ2) is 4.14. The number of thioether (sulfide) groups is 1. The zero-order valence-electron chi connectivity index (χ0n) is 8.02. The third-order valence-electron chi connectivity index (χ3n) is 1.75. The predicted octanol–water partition coefficient (Wildman–Crippen LogP) is 0.206. The maximum atomic E-state index is 11.5. The summed E-state index contributed by atoms with van der Waals surface area (Å²) in [5.74, 6) is -0.470. The van der Waals surface area contributed by atoms with Gasteiger partial charge in [0.15, 0.2) is 5.96 Å². The van der Waals surface area contributed by atoms with E-state index in [9.17, 15) is 9.59 Å². The number of fused-ring (bicyclic) bond motifs is 1. The molecule has 1 aromatic heterocycles. The number of nitrogens with two attached hydrogens (primary N) is 2. The molecule has 0 spiro atoms. The molecule has 84 valence electrons. The van der Waals surface area contributed by atoms with E-state index in [1.165, 1.54) is 23.1 Å². The summed E-state index contributed by atoms with van der Waals surface area (Å²) in [6.07, 6.45) is 0. The first-order chi connectivity index (χ1) is 7.56. The molecule has 0 saturated carbocycles. The van der Waals surface area contributed by atoms with Gasteiger partial charge < -0.3 is 16.8 Å². The Balaban J connectivity index is 2.28. The monoisotopic (exact) mass is 256 g/mol. The summed E-state index contributed by atoms with van der Waals surface area (Å²) in [6, 6.07) is 1.58. The lowest BCUT2D eigenvalue weighted by Crippen LogP contribution is -2.24. The summed E-state index contributed by atoms with van der Waals surface area (Å²) in [4.78, 5) is 26.4. The topological polar surface area (TPSA) is 111 Å². The fourth-order valence-corrected chi connectivity index (χ4v) is 3.17. The molecule has 1 aromatic rings. The van der Waals surface area contributed by atoms with Gasteiger partial charge >= 0.3 is 0 Å². The number of anilines is 1. The molecule has 8 heteroatoms. The van der Waals surface area contributed by atoms with Crippen LogP contribution in [-0.2, 0) is 4.79 Å². The first-order valence-corrected chi connectivity index (χ1v) is 6.07. The van der Waals surface area contributed by atoms with Crippen molar-refractivity contribution in [1.82, 2.24) is 0 Å². The van der Waals surface area contributed by atoms with Crippen LogP contribution in [0.15, 0.2) is 15.3 Å². The minimum atomic E-state index is -0.491. The van der Waals surface area contributed by atoms with Gasteiger partial charge in [0.25, 0.3) is 5.91 Å². The van der Waals surface area contributed by atoms with Crippen LogP contribution in [0.25, 0.3) is 0 Å². The van der Waals surface area contributed by atoms with Gasteiger partial charge in [-0.05, 0) is 6.07 Å². The van der Waals surface area contributed by atoms with E-state index in [4.69, 9.17) is 11.5 Å². The third-order valence-corrected chi connectivity index (χ3v) is 4.16. The summed E-state index contributed by atoms with van der Waals surface area (Å²) < 4.78 is 0.897. The standard InChI is InChI=1S/C8H8N4O2S2/c9-8(10)12-6(14)4-1-3-7(16-4)15-2-5(13)11-3/h1H,2H2,(H,11,13)(H4,9,10,12,14). The Labute approximate surface area is 99.1 Å². The number of thiophene rings is 1. The zero-order valence-corrected chi connectivity index (χ0v) is 9.65. The normalized spacial score (nSPS) is 13.9. The van der Waals surface area contributed by atoms with Gasteiger partial charge in [-0.2, -0.15) is 4.99 Å². The van der Waals surface area contributed by atoms with Gasteiger partial charge in [-0.15, -0.1) is 23.1 Å². The number of rotatable bonds is 1. The summed E-state index contributed by atoms with van der Waals surface area (Å²) >= 11 is 2.67. The number of hydrogen-bond acceptors (Lipinski definition) is 4. The van der Waals surface area contributed by atoms with Crippen LogP contribution in [0.4, 0.5) is 5.69 Å². The molecular weight excluding hydrogens is 248 g/mol. The van der Waals surface area contributed by atoms with Gasteiger partial charge in [-0.25, -0.2) is 0 Å². The van der Waals surface area contributed by atoms with Crippen molar-refractivity contribution in [1.29, 1.82) is 0 Å². The van der Waals surface area contributed by atoms with Crippen LogP contribution in [0.5, 0.6) is 0 Å². The number of carbonyl (C=O) groups is 2. The van der Waals surface area contributed by atoms with E-state index in [2.05, 4.69) is 10.3 Å². The van der Waals surface area contributed by atoms with Crippen LogP contribution in [-0.4, -0.2) is 23.5 Å². The van der Waals surface area contributed by atoms with Crippen molar-refractivity contribution in [3.8, 4) is 0 Å². The highest BCUT2D eigenvalue weighted by Crippen LogP contribution is 2.39. The minimum Gasteiger partial charge on any atom is -0.370 e. The first-order valence-electron chi connectivity index (χ1n) is 4.26. The SMILES string of the molecule is NC(N)=NC(=O)c1cc2c(s1)SCC(=O)N2. The Bertz CT molecular complexity index is 490. The Morgan fingerprint density at radius 2 is 2.25 bits per heavy atom. The number of nitrogens with zero attached hydrogens (tertiary/aromatic N) is 1. The van der Waals surface area contributed by atoms with Crippen LogP contribution >= 0.6 is 23.1 Å². The average molecular weight is 256 g/mol. The van der Waals surface area contributed by atoms with Crippen molar-refractivity contribution in [2.75, 3.05) is 11.1 Å². The third kappa shape index (κ3) is 2.17. The number of carbonyl (C=O) groups excluding carboxylic acids is 2. The van der Waals surface area contributed by atoms with Gasteiger partial charge in [0, 0.05) is 0 Å². The molecule has 0 radical (unpaired) electrons. The van der Waals surface area contributed by atoms with Gasteiger partial charge in [-0.3, -0.25) is 9.59 Å². The molecule has 0 atom stereocenters. The summed E-state index contributed by atoms with van der Waals surface area (Å²) in [5.41, 5.74) is 10.9. The van der Waals surface area contributed by atoms with E-state index in [0.717, 1.165) is 4.21 Å². The van der Waals surface area contributed by atoms with E-state index in [0.29, 0.717) is 16.3 Å².